The Kier molecular flexibility index (Phi) is 7.90. The van der Waals surface area contributed by atoms with E-state index in [0.717, 1.165) is 32.4 Å². The van der Waals surface area contributed by atoms with Crippen LogP contribution in [0.2, 0.25) is 0 Å². The van der Waals surface area contributed by atoms with Crippen LogP contribution in [-0.2, 0) is 4.57 Å². The van der Waals surface area contributed by atoms with E-state index < -0.39 is 8.03 Å². The standard InChI is InChI=1S/C8H16NO2P.Na/c1-2-8(12(10)11)9-6-4-3-5-7-9;/h8H,2-7H2,1H3;/q;+1. The molecule has 70 valence electrons. The molecular formula is C8H16NNaO2P+. The van der Waals surface area contributed by atoms with Crippen LogP contribution in [0.5, 0.6) is 0 Å². The summed E-state index contributed by atoms with van der Waals surface area (Å²) in [5.74, 6) is -0.208. The molecule has 13 heavy (non-hydrogen) atoms. The normalized spacial score (nSPS) is 21.8. The Morgan fingerprint density at radius 1 is 1.38 bits per heavy atom. The molecule has 0 aromatic rings. The number of hydrogen-bond donors (Lipinski definition) is 0. The zero-order chi connectivity index (χ0) is 8.97. The second kappa shape index (κ2) is 7.33. The van der Waals surface area contributed by atoms with Crippen molar-refractivity contribution in [3.63, 3.8) is 0 Å². The first-order chi connectivity index (χ1) is 5.75. The van der Waals surface area contributed by atoms with Gasteiger partial charge in [0.05, 0.1) is 0 Å². The van der Waals surface area contributed by atoms with Crippen molar-refractivity contribution in [3.05, 3.63) is 0 Å². The third kappa shape index (κ3) is 4.37. The molecule has 0 aromatic heterocycles. The summed E-state index contributed by atoms with van der Waals surface area (Å²) < 4.78 is 10.8. The molecule has 1 rings (SSSR count). The summed E-state index contributed by atoms with van der Waals surface area (Å²) in [4.78, 5) is 12.9. The van der Waals surface area contributed by atoms with Gasteiger partial charge in [-0.1, -0.05) is 17.9 Å². The Hall–Kier alpha value is 1.02. The number of likely N-dealkylation sites (tertiary alicyclic amines) is 1. The SMILES string of the molecule is CCC(N1CCCCC1)[P+](=O)[O-].[Na+]. The van der Waals surface area contributed by atoms with Crippen molar-refractivity contribution in [1.82, 2.24) is 4.90 Å². The molecule has 0 saturated carbocycles. The summed E-state index contributed by atoms with van der Waals surface area (Å²) in [5.41, 5.74) is 0. The van der Waals surface area contributed by atoms with E-state index in [0.29, 0.717) is 0 Å². The molecule has 1 heterocycles. The Bertz CT molecular complexity index is 162. The van der Waals surface area contributed by atoms with Crippen molar-refractivity contribution in [2.45, 2.75) is 38.4 Å². The molecule has 1 saturated heterocycles. The van der Waals surface area contributed by atoms with E-state index in [2.05, 4.69) is 4.90 Å². The molecule has 3 nitrogen and oxygen atoms in total. The Morgan fingerprint density at radius 2 is 1.92 bits per heavy atom. The van der Waals surface area contributed by atoms with Gasteiger partial charge < -0.3 is 4.89 Å². The molecule has 0 spiro atoms. The van der Waals surface area contributed by atoms with Gasteiger partial charge in [-0.2, -0.15) is 0 Å². The molecule has 0 aliphatic carbocycles. The van der Waals surface area contributed by atoms with Crippen LogP contribution in [0.25, 0.3) is 0 Å². The quantitative estimate of drug-likeness (QED) is 0.414. The van der Waals surface area contributed by atoms with Gasteiger partial charge in [-0.05, 0) is 12.8 Å². The van der Waals surface area contributed by atoms with Crippen LogP contribution in [0.1, 0.15) is 32.6 Å². The summed E-state index contributed by atoms with van der Waals surface area (Å²) in [7, 11) is -2.26. The summed E-state index contributed by atoms with van der Waals surface area (Å²) in [6.07, 6.45) is 4.28. The first-order valence-corrected chi connectivity index (χ1v) is 5.88. The van der Waals surface area contributed by atoms with Crippen LogP contribution in [0, 0.1) is 0 Å². The van der Waals surface area contributed by atoms with Gasteiger partial charge >= 0.3 is 37.6 Å². The fourth-order valence-corrected chi connectivity index (χ4v) is 2.55. The Balaban J connectivity index is 0.00000144. The third-order valence-corrected chi connectivity index (χ3v) is 3.60. The molecule has 2 atom stereocenters. The van der Waals surface area contributed by atoms with E-state index in [1.165, 1.54) is 6.42 Å². The van der Waals surface area contributed by atoms with Crippen LogP contribution >= 0.6 is 8.03 Å². The first kappa shape index (κ1) is 14.0. The van der Waals surface area contributed by atoms with Gasteiger partial charge in [0.2, 0.25) is 5.78 Å². The number of piperidine rings is 1. The van der Waals surface area contributed by atoms with Crippen molar-refractivity contribution in [2.24, 2.45) is 0 Å². The maximum absolute atomic E-state index is 10.8. The molecule has 2 unspecified atom stereocenters. The van der Waals surface area contributed by atoms with E-state index in [1.807, 2.05) is 6.92 Å². The average Bonchev–Trinajstić information content (AvgIpc) is 2.07. The van der Waals surface area contributed by atoms with Gasteiger partial charge in [-0.3, -0.25) is 4.90 Å². The Morgan fingerprint density at radius 3 is 2.31 bits per heavy atom. The molecule has 0 N–H and O–H groups in total. The molecule has 1 aliphatic rings. The summed E-state index contributed by atoms with van der Waals surface area (Å²) in [6.45, 7) is 3.86. The fourth-order valence-electron chi connectivity index (χ4n) is 1.76. The van der Waals surface area contributed by atoms with E-state index >= 15 is 0 Å². The molecule has 5 heteroatoms. The monoisotopic (exact) mass is 212 g/mol. The average molecular weight is 212 g/mol. The number of hydrogen-bond acceptors (Lipinski definition) is 3. The molecular weight excluding hydrogens is 196 g/mol. The van der Waals surface area contributed by atoms with Gasteiger partial charge in [-0.25, -0.2) is 0 Å². The summed E-state index contributed by atoms with van der Waals surface area (Å²) >= 11 is 0. The van der Waals surface area contributed by atoms with E-state index in [9.17, 15) is 9.46 Å². The van der Waals surface area contributed by atoms with Gasteiger partial charge in [0, 0.05) is 19.5 Å². The van der Waals surface area contributed by atoms with Crippen molar-refractivity contribution in [2.75, 3.05) is 13.1 Å². The number of rotatable bonds is 3. The molecule has 0 aromatic carbocycles. The molecule has 0 radical (unpaired) electrons. The van der Waals surface area contributed by atoms with Gasteiger partial charge in [0.15, 0.2) is 0 Å². The first-order valence-electron chi connectivity index (χ1n) is 4.63. The molecule has 1 fully saturated rings. The van der Waals surface area contributed by atoms with E-state index in [1.54, 1.807) is 0 Å². The largest absolute Gasteiger partial charge is 1.00 e. The van der Waals surface area contributed by atoms with Crippen LogP contribution < -0.4 is 34.5 Å². The second-order valence-electron chi connectivity index (χ2n) is 3.27. The van der Waals surface area contributed by atoms with Crippen molar-refractivity contribution >= 4 is 8.03 Å². The minimum Gasteiger partial charge on any atom is -0.594 e. The predicted molar refractivity (Wildman–Crippen MR) is 47.1 cm³/mol. The van der Waals surface area contributed by atoms with Gasteiger partial charge in [-0.15, -0.1) is 0 Å². The maximum atomic E-state index is 10.8. The molecule has 0 bridgehead atoms. The fraction of sp³-hybridized carbons (Fsp3) is 1.00. The Labute approximate surface area is 103 Å². The van der Waals surface area contributed by atoms with E-state index in [4.69, 9.17) is 0 Å². The maximum Gasteiger partial charge on any atom is 1.00 e. The minimum atomic E-state index is -2.26. The van der Waals surface area contributed by atoms with Crippen molar-refractivity contribution in [1.29, 1.82) is 0 Å². The predicted octanol–water partition coefficient (Wildman–Crippen LogP) is -1.68. The molecule has 1 aliphatic heterocycles. The van der Waals surface area contributed by atoms with Crippen LogP contribution in [0.4, 0.5) is 0 Å². The zero-order valence-corrected chi connectivity index (χ0v) is 11.4. The zero-order valence-electron chi connectivity index (χ0n) is 8.53. The smallest absolute Gasteiger partial charge is 0.594 e. The third-order valence-electron chi connectivity index (χ3n) is 2.42. The van der Waals surface area contributed by atoms with E-state index in [-0.39, 0.29) is 35.3 Å². The van der Waals surface area contributed by atoms with Crippen molar-refractivity contribution < 1.29 is 39.0 Å². The molecule has 0 amide bonds. The minimum absolute atomic E-state index is 0. The summed E-state index contributed by atoms with van der Waals surface area (Å²) in [5, 5.41) is 0. The van der Waals surface area contributed by atoms with Crippen LogP contribution in [-0.4, -0.2) is 23.8 Å². The van der Waals surface area contributed by atoms with Gasteiger partial charge in [0.1, 0.15) is 0 Å². The second-order valence-corrected chi connectivity index (χ2v) is 4.44. The van der Waals surface area contributed by atoms with Crippen LogP contribution in [0.3, 0.4) is 0 Å². The number of nitrogens with zero attached hydrogens (tertiary/aromatic N) is 1. The van der Waals surface area contributed by atoms with Crippen molar-refractivity contribution in [3.8, 4) is 0 Å². The topological polar surface area (TPSA) is 43.4 Å². The summed E-state index contributed by atoms with van der Waals surface area (Å²) in [6, 6.07) is 0. The van der Waals surface area contributed by atoms with Gasteiger partial charge in [0.25, 0.3) is 0 Å². The van der Waals surface area contributed by atoms with Crippen LogP contribution in [0.15, 0.2) is 0 Å².